The van der Waals surface area contributed by atoms with Crippen LogP contribution in [0.4, 0.5) is 0 Å². The predicted molar refractivity (Wildman–Crippen MR) is 197 cm³/mol. The summed E-state index contributed by atoms with van der Waals surface area (Å²) < 4.78 is 0. The van der Waals surface area contributed by atoms with Crippen LogP contribution in [0.25, 0.3) is 55.8 Å². The van der Waals surface area contributed by atoms with E-state index in [4.69, 9.17) is 9.97 Å². The first-order chi connectivity index (χ1) is 23.8. The Morgan fingerprint density at radius 3 is 1.73 bits per heavy atom. The molecule has 3 heteroatoms. The summed E-state index contributed by atoms with van der Waals surface area (Å²) in [4.78, 5) is 12.8. The third kappa shape index (κ3) is 3.95. The molecule has 2 aliphatic rings. The Kier molecular flexibility index (Phi) is 6.06. The van der Waals surface area contributed by atoms with Crippen LogP contribution < -0.4 is 0 Å². The van der Waals surface area contributed by atoms with Gasteiger partial charge in [0.1, 0.15) is 0 Å². The molecule has 10 rings (SSSR count). The highest BCUT2D eigenvalue weighted by molar-refractivity contribution is 7.99. The number of fused-ring (bicyclic) bond motifs is 11. The second-order valence-electron chi connectivity index (χ2n) is 12.5. The summed E-state index contributed by atoms with van der Waals surface area (Å²) in [7, 11) is 0. The number of benzene rings is 7. The van der Waals surface area contributed by atoms with Crippen molar-refractivity contribution in [2.45, 2.75) is 15.2 Å². The van der Waals surface area contributed by atoms with Crippen LogP contribution in [0, 0.1) is 0 Å². The van der Waals surface area contributed by atoms with E-state index in [-0.39, 0.29) is 0 Å². The summed E-state index contributed by atoms with van der Waals surface area (Å²) >= 11 is 1.89. The van der Waals surface area contributed by atoms with Crippen LogP contribution in [0.1, 0.15) is 22.3 Å². The summed E-state index contributed by atoms with van der Waals surface area (Å²) in [6.45, 7) is 0. The van der Waals surface area contributed by atoms with Crippen LogP contribution in [-0.4, -0.2) is 9.97 Å². The second kappa shape index (κ2) is 10.6. The number of hydrogen-bond acceptors (Lipinski definition) is 3. The summed E-state index contributed by atoms with van der Waals surface area (Å²) in [6.07, 6.45) is 0. The molecule has 8 aromatic rings. The molecule has 1 aliphatic heterocycles. The van der Waals surface area contributed by atoms with Gasteiger partial charge in [-0.05, 0) is 56.3 Å². The van der Waals surface area contributed by atoms with Crippen molar-refractivity contribution in [3.63, 3.8) is 0 Å². The van der Waals surface area contributed by atoms with E-state index in [9.17, 15) is 0 Å². The molecule has 1 aliphatic carbocycles. The van der Waals surface area contributed by atoms with E-state index >= 15 is 0 Å². The van der Waals surface area contributed by atoms with E-state index in [1.807, 2.05) is 36.0 Å². The topological polar surface area (TPSA) is 25.8 Å². The molecule has 7 aromatic carbocycles. The monoisotopic (exact) mass is 628 g/mol. The average molecular weight is 629 g/mol. The molecular weight excluding hydrogens is 601 g/mol. The molecule has 1 aromatic heterocycles. The molecule has 0 amide bonds. The molecule has 2 heterocycles. The summed E-state index contributed by atoms with van der Waals surface area (Å²) in [5.41, 5.74) is 12.5. The molecule has 1 spiro atoms. The molecule has 0 fully saturated rings. The number of rotatable bonds is 3. The molecule has 0 atom stereocenters. The first-order valence-corrected chi connectivity index (χ1v) is 17.1. The van der Waals surface area contributed by atoms with E-state index in [2.05, 4.69) is 146 Å². The Labute approximate surface area is 283 Å². The van der Waals surface area contributed by atoms with Crippen LogP contribution in [0.5, 0.6) is 0 Å². The molecule has 224 valence electrons. The van der Waals surface area contributed by atoms with Crippen molar-refractivity contribution >= 4 is 22.5 Å². The second-order valence-corrected chi connectivity index (χ2v) is 13.6. The lowest BCUT2D eigenvalue weighted by Crippen LogP contribution is -2.32. The lowest BCUT2D eigenvalue weighted by molar-refractivity contribution is 0.726. The molecule has 0 unspecified atom stereocenters. The third-order valence-electron chi connectivity index (χ3n) is 9.96. The van der Waals surface area contributed by atoms with Gasteiger partial charge in [0.2, 0.25) is 0 Å². The Morgan fingerprint density at radius 1 is 0.417 bits per heavy atom. The summed E-state index contributed by atoms with van der Waals surface area (Å²) in [5, 5.41) is 2.55. The van der Waals surface area contributed by atoms with Crippen molar-refractivity contribution in [1.29, 1.82) is 0 Å². The molecule has 0 bridgehead atoms. The van der Waals surface area contributed by atoms with Crippen LogP contribution in [0.3, 0.4) is 0 Å². The smallest absolute Gasteiger partial charge is 0.160 e. The molecule has 2 nitrogen and oxygen atoms in total. The fourth-order valence-corrected chi connectivity index (χ4v) is 9.23. The van der Waals surface area contributed by atoms with E-state index in [1.165, 1.54) is 53.9 Å². The van der Waals surface area contributed by atoms with Crippen LogP contribution in [-0.2, 0) is 5.41 Å². The van der Waals surface area contributed by atoms with Gasteiger partial charge in [0.25, 0.3) is 0 Å². The standard InChI is InChI=1S/C45H28N2S/c1-3-14-30(15-4-1)40-28-41(47-44(46-40)31-16-5-2-6-17-31)32-24-25-38-42(27-32)48-43-33-18-8-7-13-29(33)23-26-39(43)45(38)36-21-11-9-19-34(36)35-20-10-12-22-37(35)45/h1-28H. The van der Waals surface area contributed by atoms with Gasteiger partial charge in [0.15, 0.2) is 5.82 Å². The summed E-state index contributed by atoms with van der Waals surface area (Å²) in [6, 6.07) is 61.3. The van der Waals surface area contributed by atoms with E-state index in [0.29, 0.717) is 0 Å². The minimum Gasteiger partial charge on any atom is -0.228 e. The van der Waals surface area contributed by atoms with Gasteiger partial charge in [-0.25, -0.2) is 9.97 Å². The molecule has 0 radical (unpaired) electrons. The summed E-state index contributed by atoms with van der Waals surface area (Å²) in [5.74, 6) is 0.726. The molecular formula is C45H28N2S. The fraction of sp³-hybridized carbons (Fsp3) is 0.0222. The van der Waals surface area contributed by atoms with E-state index < -0.39 is 5.41 Å². The molecule has 0 N–H and O–H groups in total. The SMILES string of the molecule is c1ccc(-c2cc(-c3ccc4c(c3)Sc3c(ccc5ccccc35)C43c4ccccc4-c4ccccc43)nc(-c3ccccc3)n2)cc1. The van der Waals surface area contributed by atoms with Gasteiger partial charge in [-0.3, -0.25) is 0 Å². The highest BCUT2D eigenvalue weighted by Gasteiger charge is 2.50. The van der Waals surface area contributed by atoms with Crippen LogP contribution in [0.2, 0.25) is 0 Å². The van der Waals surface area contributed by atoms with E-state index in [0.717, 1.165) is 33.9 Å². The largest absolute Gasteiger partial charge is 0.228 e. The Hall–Kier alpha value is -5.77. The van der Waals surface area contributed by atoms with Gasteiger partial charge in [-0.1, -0.05) is 169 Å². The van der Waals surface area contributed by atoms with Crippen LogP contribution >= 0.6 is 11.8 Å². The minimum absolute atomic E-state index is 0.429. The van der Waals surface area contributed by atoms with Gasteiger partial charge >= 0.3 is 0 Å². The zero-order valence-electron chi connectivity index (χ0n) is 26.0. The van der Waals surface area contributed by atoms with Gasteiger partial charge in [0.05, 0.1) is 16.8 Å². The van der Waals surface area contributed by atoms with Crippen molar-refractivity contribution < 1.29 is 0 Å². The normalized spacial score (nSPS) is 13.5. The first-order valence-electron chi connectivity index (χ1n) is 16.3. The maximum Gasteiger partial charge on any atom is 0.160 e. The first kappa shape index (κ1) is 27.4. The Morgan fingerprint density at radius 2 is 1.00 bits per heavy atom. The third-order valence-corrected chi connectivity index (χ3v) is 11.2. The molecule has 0 saturated heterocycles. The maximum atomic E-state index is 5.18. The highest BCUT2D eigenvalue weighted by atomic mass is 32.2. The molecule has 0 saturated carbocycles. The van der Waals surface area contributed by atoms with Crippen LogP contribution in [0.15, 0.2) is 180 Å². The molecule has 48 heavy (non-hydrogen) atoms. The minimum atomic E-state index is -0.429. The zero-order valence-corrected chi connectivity index (χ0v) is 26.8. The number of nitrogens with zero attached hydrogens (tertiary/aromatic N) is 2. The average Bonchev–Trinajstić information content (AvgIpc) is 3.46. The number of hydrogen-bond donors (Lipinski definition) is 0. The van der Waals surface area contributed by atoms with Crippen molar-refractivity contribution in [3.8, 4) is 45.0 Å². The quantitative estimate of drug-likeness (QED) is 0.195. The van der Waals surface area contributed by atoms with Crippen molar-refractivity contribution in [2.24, 2.45) is 0 Å². The van der Waals surface area contributed by atoms with Gasteiger partial charge in [0, 0.05) is 26.5 Å². The van der Waals surface area contributed by atoms with Crippen molar-refractivity contribution in [1.82, 2.24) is 9.97 Å². The predicted octanol–water partition coefficient (Wildman–Crippen LogP) is 11.5. The maximum absolute atomic E-state index is 5.18. The van der Waals surface area contributed by atoms with Gasteiger partial charge in [-0.15, -0.1) is 0 Å². The Bertz CT molecular complexity index is 2440. The highest BCUT2D eigenvalue weighted by Crippen LogP contribution is 2.63. The van der Waals surface area contributed by atoms with Gasteiger partial charge < -0.3 is 0 Å². The lowest BCUT2D eigenvalue weighted by Gasteiger charge is -2.40. The lowest BCUT2D eigenvalue weighted by atomic mass is 9.67. The number of aromatic nitrogens is 2. The van der Waals surface area contributed by atoms with E-state index in [1.54, 1.807) is 0 Å². The van der Waals surface area contributed by atoms with Crippen molar-refractivity contribution in [3.05, 3.63) is 192 Å². The fourth-order valence-electron chi connectivity index (χ4n) is 7.86. The van der Waals surface area contributed by atoms with Crippen molar-refractivity contribution in [2.75, 3.05) is 0 Å². The van der Waals surface area contributed by atoms with Gasteiger partial charge in [-0.2, -0.15) is 0 Å². The Balaban J connectivity index is 1.25. The zero-order chi connectivity index (χ0) is 31.7.